The summed E-state index contributed by atoms with van der Waals surface area (Å²) in [5.74, 6) is 1.43. The third kappa shape index (κ3) is 5.03. The van der Waals surface area contributed by atoms with Gasteiger partial charge in [-0.1, -0.05) is 6.92 Å². The van der Waals surface area contributed by atoms with E-state index in [0.29, 0.717) is 43.5 Å². The normalized spacial score (nSPS) is 10.9. The summed E-state index contributed by atoms with van der Waals surface area (Å²) in [6, 6.07) is 14.3. The molecule has 4 rings (SSSR count). The summed E-state index contributed by atoms with van der Waals surface area (Å²) in [5.41, 5.74) is 0.957. The van der Waals surface area contributed by atoms with Crippen LogP contribution >= 0.6 is 0 Å². The Morgan fingerprint density at radius 2 is 1.81 bits per heavy atom. The number of aromatic nitrogens is 1. The molecule has 1 N–H and O–H groups in total. The van der Waals surface area contributed by atoms with Crippen LogP contribution in [0.4, 0.5) is 0 Å². The average Bonchev–Trinajstić information content (AvgIpc) is 3.60. The number of furan rings is 3. The topological polar surface area (TPSA) is 93.8 Å². The molecule has 4 aromatic heterocycles. The van der Waals surface area contributed by atoms with Crippen LogP contribution in [0.5, 0.6) is 0 Å². The fraction of sp³-hybridized carbons (Fsp3) is 0.250. The van der Waals surface area contributed by atoms with E-state index in [1.165, 1.54) is 6.26 Å². The molecule has 0 saturated heterocycles. The van der Waals surface area contributed by atoms with Crippen LogP contribution in [0.15, 0.2) is 80.5 Å². The summed E-state index contributed by atoms with van der Waals surface area (Å²) in [6.45, 7) is 3.83. The number of carbonyl (C=O) groups is 2. The molecule has 0 bridgehead atoms. The minimum atomic E-state index is -0.307. The smallest absolute Gasteiger partial charge is 0.289 e. The molecule has 2 amide bonds. The molecule has 0 fully saturated rings. The van der Waals surface area contributed by atoms with E-state index in [1.54, 1.807) is 47.6 Å². The molecule has 8 nitrogen and oxygen atoms in total. The fourth-order valence-electron chi connectivity index (χ4n) is 3.44. The van der Waals surface area contributed by atoms with Crippen molar-refractivity contribution in [3.05, 3.63) is 96.0 Å². The van der Waals surface area contributed by atoms with Gasteiger partial charge >= 0.3 is 0 Å². The fourth-order valence-corrected chi connectivity index (χ4v) is 3.44. The third-order valence-electron chi connectivity index (χ3n) is 5.00. The monoisotopic (exact) mass is 435 g/mol. The number of carbonyl (C=O) groups excluding carboxylic acids is 2. The molecular formula is C24H25N3O5. The van der Waals surface area contributed by atoms with Crippen molar-refractivity contribution in [1.29, 1.82) is 0 Å². The largest absolute Gasteiger partial charge is 0.467 e. The van der Waals surface area contributed by atoms with Gasteiger partial charge in [0.1, 0.15) is 11.5 Å². The van der Waals surface area contributed by atoms with E-state index < -0.39 is 0 Å². The Morgan fingerprint density at radius 3 is 2.56 bits per heavy atom. The molecule has 4 heterocycles. The molecule has 0 radical (unpaired) electrons. The number of hydrogen-bond acceptors (Lipinski definition) is 5. The van der Waals surface area contributed by atoms with Gasteiger partial charge in [-0.3, -0.25) is 9.59 Å². The van der Waals surface area contributed by atoms with Crippen LogP contribution in [0.1, 0.15) is 51.7 Å². The van der Waals surface area contributed by atoms with E-state index in [1.807, 2.05) is 29.8 Å². The number of nitrogens with one attached hydrogen (secondary N) is 1. The Balaban J connectivity index is 1.40. The minimum absolute atomic E-state index is 0.141. The molecule has 0 aliphatic heterocycles. The highest BCUT2D eigenvalue weighted by atomic mass is 16.4. The second kappa shape index (κ2) is 9.91. The summed E-state index contributed by atoms with van der Waals surface area (Å²) >= 11 is 0. The van der Waals surface area contributed by atoms with E-state index in [9.17, 15) is 9.59 Å². The summed E-state index contributed by atoms with van der Waals surface area (Å²) in [5, 5.41) is 2.76. The zero-order chi connectivity index (χ0) is 22.3. The van der Waals surface area contributed by atoms with Gasteiger partial charge in [0, 0.05) is 18.4 Å². The first-order valence-electron chi connectivity index (χ1n) is 10.5. The Labute approximate surface area is 185 Å². The lowest BCUT2D eigenvalue weighted by atomic mass is 10.3. The van der Waals surface area contributed by atoms with Crippen molar-refractivity contribution in [3.63, 3.8) is 0 Å². The van der Waals surface area contributed by atoms with Crippen molar-refractivity contribution in [3.8, 4) is 0 Å². The van der Waals surface area contributed by atoms with Gasteiger partial charge in [0.25, 0.3) is 11.8 Å². The second-order valence-corrected chi connectivity index (χ2v) is 7.36. The van der Waals surface area contributed by atoms with Crippen LogP contribution in [0.3, 0.4) is 0 Å². The molecule has 0 atom stereocenters. The number of nitrogens with zero attached hydrogens (tertiary/aromatic N) is 2. The van der Waals surface area contributed by atoms with Crippen LogP contribution in [-0.4, -0.2) is 27.8 Å². The van der Waals surface area contributed by atoms with Crippen LogP contribution in [-0.2, 0) is 19.6 Å². The zero-order valence-corrected chi connectivity index (χ0v) is 17.8. The molecule has 166 valence electrons. The maximum absolute atomic E-state index is 12.8. The Morgan fingerprint density at radius 1 is 0.969 bits per heavy atom. The standard InChI is InChI=1S/C24H25N3O5/c1-2-11-27(24(29)22-8-5-14-31-22)16-18-6-3-12-26(18)17-20-9-10-21(32-20)23(28)25-15-19-7-4-13-30-19/h3-10,12-14H,2,11,15-17H2,1H3,(H,25,28). The van der Waals surface area contributed by atoms with Gasteiger partial charge in [-0.05, 0) is 55.0 Å². The van der Waals surface area contributed by atoms with Crippen molar-refractivity contribution in [1.82, 2.24) is 14.8 Å². The van der Waals surface area contributed by atoms with E-state index in [2.05, 4.69) is 5.32 Å². The molecule has 32 heavy (non-hydrogen) atoms. The summed E-state index contributed by atoms with van der Waals surface area (Å²) in [7, 11) is 0. The van der Waals surface area contributed by atoms with Crippen molar-refractivity contribution >= 4 is 11.8 Å². The van der Waals surface area contributed by atoms with Gasteiger partial charge in [-0.2, -0.15) is 0 Å². The lowest BCUT2D eigenvalue weighted by Gasteiger charge is -2.22. The summed E-state index contributed by atoms with van der Waals surface area (Å²) in [4.78, 5) is 26.9. The second-order valence-electron chi connectivity index (χ2n) is 7.36. The SMILES string of the molecule is CCCN(Cc1cccn1Cc1ccc(C(=O)NCc2ccco2)o1)C(=O)c1ccco1. The highest BCUT2D eigenvalue weighted by Crippen LogP contribution is 2.16. The first-order chi connectivity index (χ1) is 15.6. The van der Waals surface area contributed by atoms with E-state index >= 15 is 0 Å². The van der Waals surface area contributed by atoms with Crippen molar-refractivity contribution in [2.45, 2.75) is 33.0 Å². The van der Waals surface area contributed by atoms with E-state index in [-0.39, 0.29) is 17.6 Å². The highest BCUT2D eigenvalue weighted by molar-refractivity contribution is 5.91. The number of hydrogen-bond donors (Lipinski definition) is 1. The lowest BCUT2D eigenvalue weighted by molar-refractivity contribution is 0.0707. The molecule has 0 spiro atoms. The molecule has 0 aromatic carbocycles. The van der Waals surface area contributed by atoms with Crippen LogP contribution in [0.2, 0.25) is 0 Å². The molecular weight excluding hydrogens is 410 g/mol. The molecule has 0 saturated carbocycles. The summed E-state index contributed by atoms with van der Waals surface area (Å²) < 4.78 is 18.2. The maximum atomic E-state index is 12.8. The first-order valence-corrected chi connectivity index (χ1v) is 10.5. The predicted octanol–water partition coefficient (Wildman–Crippen LogP) is 4.30. The number of amides is 2. The minimum Gasteiger partial charge on any atom is -0.467 e. The molecule has 0 aliphatic rings. The van der Waals surface area contributed by atoms with Crippen LogP contribution in [0, 0.1) is 0 Å². The number of rotatable bonds is 10. The molecule has 0 aliphatic carbocycles. The first kappa shape index (κ1) is 21.3. The molecule has 4 aromatic rings. The predicted molar refractivity (Wildman–Crippen MR) is 116 cm³/mol. The van der Waals surface area contributed by atoms with Crippen molar-refractivity contribution in [2.75, 3.05) is 6.54 Å². The van der Waals surface area contributed by atoms with Crippen molar-refractivity contribution < 1.29 is 22.8 Å². The zero-order valence-electron chi connectivity index (χ0n) is 17.8. The van der Waals surface area contributed by atoms with E-state index in [0.717, 1.165) is 12.1 Å². The summed E-state index contributed by atoms with van der Waals surface area (Å²) in [6.07, 6.45) is 5.82. The van der Waals surface area contributed by atoms with Gasteiger partial charge in [-0.15, -0.1) is 0 Å². The maximum Gasteiger partial charge on any atom is 0.289 e. The van der Waals surface area contributed by atoms with Gasteiger partial charge in [-0.25, -0.2) is 0 Å². The van der Waals surface area contributed by atoms with Crippen LogP contribution < -0.4 is 5.32 Å². The quantitative estimate of drug-likeness (QED) is 0.401. The highest BCUT2D eigenvalue weighted by Gasteiger charge is 2.19. The van der Waals surface area contributed by atoms with Gasteiger partial charge < -0.3 is 28.0 Å². The Hall–Kier alpha value is -3.94. The van der Waals surface area contributed by atoms with Gasteiger partial charge in [0.2, 0.25) is 0 Å². The van der Waals surface area contributed by atoms with Crippen molar-refractivity contribution in [2.24, 2.45) is 0 Å². The average molecular weight is 435 g/mol. The molecule has 8 heteroatoms. The van der Waals surface area contributed by atoms with Gasteiger partial charge in [0.05, 0.1) is 32.2 Å². The molecule has 0 unspecified atom stereocenters. The van der Waals surface area contributed by atoms with Crippen LogP contribution in [0.25, 0.3) is 0 Å². The van der Waals surface area contributed by atoms with Gasteiger partial charge in [0.15, 0.2) is 11.5 Å². The third-order valence-corrected chi connectivity index (χ3v) is 5.00. The van der Waals surface area contributed by atoms with E-state index in [4.69, 9.17) is 13.3 Å². The Bertz CT molecular complexity index is 1140. The lowest BCUT2D eigenvalue weighted by Crippen LogP contribution is -2.31. The Kier molecular flexibility index (Phi) is 6.60.